The summed E-state index contributed by atoms with van der Waals surface area (Å²) in [5.41, 5.74) is 5.21. The number of hydrogen-bond donors (Lipinski definition) is 1. The SMILES string of the molecule is NCC1CC(=O)N(c2c(F)cc(I)cc2F)C1. The molecule has 0 aromatic heterocycles. The van der Waals surface area contributed by atoms with Gasteiger partial charge in [-0.25, -0.2) is 8.78 Å². The number of nitrogens with zero attached hydrogens (tertiary/aromatic N) is 1. The molecule has 1 saturated heterocycles. The number of amides is 1. The molecular formula is C11H11F2IN2O. The second-order valence-corrected chi connectivity index (χ2v) is 5.27. The smallest absolute Gasteiger partial charge is 0.227 e. The Kier molecular flexibility index (Phi) is 3.62. The second-order valence-electron chi connectivity index (χ2n) is 4.03. The molecule has 2 rings (SSSR count). The number of benzene rings is 1. The summed E-state index contributed by atoms with van der Waals surface area (Å²) in [6, 6.07) is 2.42. The van der Waals surface area contributed by atoms with Crippen molar-refractivity contribution >= 4 is 34.2 Å². The minimum atomic E-state index is -0.708. The van der Waals surface area contributed by atoms with E-state index in [0.717, 1.165) is 4.90 Å². The fraction of sp³-hybridized carbons (Fsp3) is 0.364. The highest BCUT2D eigenvalue weighted by molar-refractivity contribution is 14.1. The van der Waals surface area contributed by atoms with Gasteiger partial charge in [0.1, 0.15) is 5.69 Å². The molecule has 1 fully saturated rings. The average molecular weight is 352 g/mol. The third-order valence-electron chi connectivity index (χ3n) is 2.79. The van der Waals surface area contributed by atoms with Gasteiger partial charge in [0, 0.05) is 16.5 Å². The first kappa shape index (κ1) is 12.7. The zero-order chi connectivity index (χ0) is 12.6. The van der Waals surface area contributed by atoms with Crippen LogP contribution in [0.15, 0.2) is 12.1 Å². The summed E-state index contributed by atoms with van der Waals surface area (Å²) >= 11 is 1.82. The first-order chi connectivity index (χ1) is 8.02. The molecule has 6 heteroatoms. The fourth-order valence-corrected chi connectivity index (χ4v) is 2.49. The van der Waals surface area contributed by atoms with Gasteiger partial charge in [-0.15, -0.1) is 0 Å². The van der Waals surface area contributed by atoms with Crippen LogP contribution in [0.4, 0.5) is 14.5 Å². The fourth-order valence-electron chi connectivity index (χ4n) is 1.95. The van der Waals surface area contributed by atoms with Gasteiger partial charge in [0.25, 0.3) is 0 Å². The lowest BCUT2D eigenvalue weighted by molar-refractivity contribution is -0.117. The van der Waals surface area contributed by atoms with Crippen molar-refractivity contribution < 1.29 is 13.6 Å². The van der Waals surface area contributed by atoms with Gasteiger partial charge in [0.15, 0.2) is 11.6 Å². The van der Waals surface area contributed by atoms with Crippen LogP contribution in [0.1, 0.15) is 6.42 Å². The van der Waals surface area contributed by atoms with Crippen molar-refractivity contribution in [2.45, 2.75) is 6.42 Å². The third kappa shape index (κ3) is 2.42. The predicted molar refractivity (Wildman–Crippen MR) is 68.6 cm³/mol. The summed E-state index contributed by atoms with van der Waals surface area (Å²) in [6.45, 7) is 0.625. The molecule has 1 aromatic rings. The molecule has 1 atom stereocenters. The normalized spacial score (nSPS) is 20.1. The minimum absolute atomic E-state index is 0.0272. The monoisotopic (exact) mass is 352 g/mol. The van der Waals surface area contributed by atoms with Crippen molar-refractivity contribution in [3.63, 3.8) is 0 Å². The van der Waals surface area contributed by atoms with Crippen molar-refractivity contribution in [1.82, 2.24) is 0 Å². The molecule has 0 spiro atoms. The van der Waals surface area contributed by atoms with E-state index in [4.69, 9.17) is 5.73 Å². The lowest BCUT2D eigenvalue weighted by Gasteiger charge is -2.18. The Labute approximate surface area is 111 Å². The molecular weight excluding hydrogens is 341 g/mol. The summed E-state index contributed by atoms with van der Waals surface area (Å²) in [7, 11) is 0. The molecule has 1 unspecified atom stereocenters. The standard InChI is InChI=1S/C11H11F2IN2O/c12-8-2-7(14)3-9(13)11(8)16-5-6(4-15)1-10(16)17/h2-3,6H,1,4-5,15H2. The first-order valence-corrected chi connectivity index (χ1v) is 6.25. The van der Waals surface area contributed by atoms with Crippen molar-refractivity contribution in [2.75, 3.05) is 18.0 Å². The lowest BCUT2D eigenvalue weighted by atomic mass is 10.1. The zero-order valence-corrected chi connectivity index (χ0v) is 11.1. The molecule has 2 N–H and O–H groups in total. The molecule has 0 saturated carbocycles. The molecule has 1 heterocycles. The Bertz CT molecular complexity index is 444. The Morgan fingerprint density at radius 1 is 1.41 bits per heavy atom. The molecule has 1 aliphatic heterocycles. The van der Waals surface area contributed by atoms with Crippen LogP contribution in [0.25, 0.3) is 0 Å². The van der Waals surface area contributed by atoms with Crippen molar-refractivity contribution in [3.05, 3.63) is 27.3 Å². The number of rotatable bonds is 2. The number of halogens is 3. The lowest BCUT2D eigenvalue weighted by Crippen LogP contribution is -2.27. The largest absolute Gasteiger partial charge is 0.330 e. The predicted octanol–water partition coefficient (Wildman–Crippen LogP) is 1.88. The summed E-state index contributed by atoms with van der Waals surface area (Å²) in [4.78, 5) is 12.8. The van der Waals surface area contributed by atoms with Gasteiger partial charge >= 0.3 is 0 Å². The number of carbonyl (C=O) groups excluding carboxylic acids is 1. The number of anilines is 1. The van der Waals surface area contributed by atoms with Crippen LogP contribution in [-0.4, -0.2) is 19.0 Å². The van der Waals surface area contributed by atoms with E-state index in [0.29, 0.717) is 10.1 Å². The molecule has 0 aliphatic carbocycles. The Morgan fingerprint density at radius 3 is 2.47 bits per heavy atom. The molecule has 17 heavy (non-hydrogen) atoms. The van der Waals surface area contributed by atoms with Crippen LogP contribution < -0.4 is 10.6 Å². The summed E-state index contributed by atoms with van der Waals surface area (Å²) < 4.78 is 27.9. The van der Waals surface area contributed by atoms with E-state index in [1.54, 1.807) is 0 Å². The number of nitrogens with two attached hydrogens (primary N) is 1. The summed E-state index contributed by atoms with van der Waals surface area (Å²) in [6.07, 6.45) is 0.251. The molecule has 1 aromatic carbocycles. The Morgan fingerprint density at radius 2 is 2.00 bits per heavy atom. The maximum atomic E-state index is 13.7. The van der Waals surface area contributed by atoms with Crippen LogP contribution in [0, 0.1) is 21.1 Å². The first-order valence-electron chi connectivity index (χ1n) is 5.18. The van der Waals surface area contributed by atoms with Crippen molar-refractivity contribution in [1.29, 1.82) is 0 Å². The third-order valence-corrected chi connectivity index (χ3v) is 3.41. The van der Waals surface area contributed by atoms with Gasteiger partial charge in [0.2, 0.25) is 5.91 Å². The van der Waals surface area contributed by atoms with E-state index in [1.807, 2.05) is 22.6 Å². The van der Waals surface area contributed by atoms with Crippen LogP contribution in [0.2, 0.25) is 0 Å². The van der Waals surface area contributed by atoms with Crippen molar-refractivity contribution in [2.24, 2.45) is 11.7 Å². The van der Waals surface area contributed by atoms with E-state index >= 15 is 0 Å². The van der Waals surface area contributed by atoms with Crippen LogP contribution >= 0.6 is 22.6 Å². The van der Waals surface area contributed by atoms with Gasteiger partial charge in [0.05, 0.1) is 0 Å². The highest BCUT2D eigenvalue weighted by Gasteiger charge is 2.33. The second kappa shape index (κ2) is 4.85. The van der Waals surface area contributed by atoms with E-state index < -0.39 is 11.6 Å². The van der Waals surface area contributed by atoms with E-state index in [-0.39, 0.29) is 30.5 Å². The van der Waals surface area contributed by atoms with Crippen LogP contribution in [0.3, 0.4) is 0 Å². The number of hydrogen-bond acceptors (Lipinski definition) is 2. The molecule has 92 valence electrons. The van der Waals surface area contributed by atoms with Crippen LogP contribution in [-0.2, 0) is 4.79 Å². The Hall–Kier alpha value is -0.760. The quantitative estimate of drug-likeness (QED) is 0.827. The molecule has 0 bridgehead atoms. The van der Waals surface area contributed by atoms with E-state index in [2.05, 4.69) is 0 Å². The van der Waals surface area contributed by atoms with Gasteiger partial charge in [-0.05, 0) is 47.2 Å². The van der Waals surface area contributed by atoms with Gasteiger partial charge in [-0.2, -0.15) is 0 Å². The highest BCUT2D eigenvalue weighted by Crippen LogP contribution is 2.30. The van der Waals surface area contributed by atoms with E-state index in [9.17, 15) is 13.6 Å². The highest BCUT2D eigenvalue weighted by atomic mass is 127. The van der Waals surface area contributed by atoms with Gasteiger partial charge in [-0.1, -0.05) is 0 Å². The summed E-state index contributed by atoms with van der Waals surface area (Å²) in [5, 5.41) is 0. The average Bonchev–Trinajstić information content (AvgIpc) is 2.59. The Balaban J connectivity index is 2.38. The molecule has 1 amide bonds. The van der Waals surface area contributed by atoms with E-state index in [1.165, 1.54) is 12.1 Å². The number of carbonyl (C=O) groups is 1. The van der Waals surface area contributed by atoms with Gasteiger partial charge < -0.3 is 10.6 Å². The molecule has 1 aliphatic rings. The molecule has 3 nitrogen and oxygen atoms in total. The maximum Gasteiger partial charge on any atom is 0.227 e. The summed E-state index contributed by atoms with van der Waals surface area (Å²) in [5.74, 6) is -1.72. The molecule has 0 radical (unpaired) electrons. The van der Waals surface area contributed by atoms with Crippen molar-refractivity contribution in [3.8, 4) is 0 Å². The van der Waals surface area contributed by atoms with Gasteiger partial charge in [-0.3, -0.25) is 4.79 Å². The minimum Gasteiger partial charge on any atom is -0.330 e. The zero-order valence-electron chi connectivity index (χ0n) is 8.92. The van der Waals surface area contributed by atoms with Crippen LogP contribution in [0.5, 0.6) is 0 Å². The maximum absolute atomic E-state index is 13.7. The topological polar surface area (TPSA) is 46.3 Å².